The molecule has 1 aliphatic heterocycles. The van der Waals surface area contributed by atoms with Crippen LogP contribution in [-0.2, 0) is 9.53 Å². The number of hydrogen-bond acceptors (Lipinski definition) is 3. The second-order valence-electron chi connectivity index (χ2n) is 8.87. The predicted molar refractivity (Wildman–Crippen MR) is 117 cm³/mol. The highest BCUT2D eigenvalue weighted by Gasteiger charge is 2.49. The monoisotopic (exact) mass is 391 g/mol. The highest BCUT2D eigenvalue weighted by Crippen LogP contribution is 2.48. The zero-order chi connectivity index (χ0) is 20.1. The molecule has 0 unspecified atom stereocenters. The Bertz CT molecular complexity index is 751. The van der Waals surface area contributed by atoms with Crippen LogP contribution in [-0.4, -0.2) is 37.6 Å². The minimum atomic E-state index is 0.0120. The number of likely N-dealkylation sites (tertiary alicyclic amines) is 1. The van der Waals surface area contributed by atoms with Crippen LogP contribution in [0.5, 0.6) is 0 Å². The number of methoxy groups -OCH3 is 1. The fourth-order valence-electron chi connectivity index (χ4n) is 5.69. The van der Waals surface area contributed by atoms with E-state index in [1.54, 1.807) is 7.11 Å². The molecule has 154 valence electrons. The average Bonchev–Trinajstić information content (AvgIpc) is 3.18. The van der Waals surface area contributed by atoms with E-state index in [0.29, 0.717) is 5.92 Å². The summed E-state index contributed by atoms with van der Waals surface area (Å²) in [4.78, 5) is 15.0. The molecule has 0 aromatic heterocycles. The van der Waals surface area contributed by atoms with Crippen LogP contribution in [0.15, 0.2) is 60.7 Å². The van der Waals surface area contributed by atoms with Gasteiger partial charge in [0.2, 0.25) is 0 Å². The van der Waals surface area contributed by atoms with Crippen LogP contribution in [0, 0.1) is 11.3 Å². The largest absolute Gasteiger partial charge is 0.469 e. The molecule has 3 nitrogen and oxygen atoms in total. The van der Waals surface area contributed by atoms with Crippen LogP contribution >= 0.6 is 0 Å². The Morgan fingerprint density at radius 3 is 2.31 bits per heavy atom. The summed E-state index contributed by atoms with van der Waals surface area (Å²) < 4.78 is 5.17. The Kier molecular flexibility index (Phi) is 6.34. The lowest BCUT2D eigenvalue weighted by Crippen LogP contribution is -2.41. The van der Waals surface area contributed by atoms with Crippen molar-refractivity contribution in [1.82, 2.24) is 4.90 Å². The third-order valence-corrected chi connectivity index (χ3v) is 7.24. The quantitative estimate of drug-likeness (QED) is 0.629. The minimum Gasteiger partial charge on any atom is -0.469 e. The number of rotatable bonds is 6. The lowest BCUT2D eigenvalue weighted by atomic mass is 9.65. The fourth-order valence-corrected chi connectivity index (χ4v) is 5.69. The molecule has 2 aromatic rings. The van der Waals surface area contributed by atoms with Gasteiger partial charge in [-0.15, -0.1) is 0 Å². The summed E-state index contributed by atoms with van der Waals surface area (Å²) in [5.74, 6) is 0.514. The molecule has 0 N–H and O–H groups in total. The molecule has 1 saturated carbocycles. The van der Waals surface area contributed by atoms with E-state index in [2.05, 4.69) is 65.6 Å². The van der Waals surface area contributed by atoms with E-state index in [0.717, 1.165) is 45.3 Å². The lowest BCUT2D eigenvalue weighted by Gasteiger charge is -2.39. The van der Waals surface area contributed by atoms with Crippen LogP contribution in [0.1, 0.15) is 55.6 Å². The van der Waals surface area contributed by atoms with E-state index in [4.69, 9.17) is 4.74 Å². The van der Waals surface area contributed by atoms with Crippen LogP contribution in [0.4, 0.5) is 0 Å². The van der Waals surface area contributed by atoms with E-state index in [9.17, 15) is 4.79 Å². The Morgan fingerprint density at radius 1 is 1.03 bits per heavy atom. The predicted octanol–water partition coefficient (Wildman–Crippen LogP) is 5.26. The normalized spacial score (nSPS) is 24.8. The molecule has 0 bridgehead atoms. The van der Waals surface area contributed by atoms with Gasteiger partial charge in [0, 0.05) is 12.5 Å². The van der Waals surface area contributed by atoms with E-state index in [-0.39, 0.29) is 17.3 Å². The number of carbonyl (C=O) groups excluding carboxylic acids is 1. The number of esters is 1. The molecule has 1 heterocycles. The van der Waals surface area contributed by atoms with Crippen molar-refractivity contribution >= 4 is 5.97 Å². The molecule has 0 radical (unpaired) electrons. The molecule has 2 aliphatic rings. The second kappa shape index (κ2) is 9.13. The molecule has 1 saturated heterocycles. The van der Waals surface area contributed by atoms with Crippen molar-refractivity contribution < 1.29 is 9.53 Å². The number of carbonyl (C=O) groups is 1. The number of ether oxygens (including phenoxy) is 1. The van der Waals surface area contributed by atoms with Gasteiger partial charge in [0.25, 0.3) is 0 Å². The van der Waals surface area contributed by atoms with Crippen molar-refractivity contribution in [2.24, 2.45) is 11.3 Å². The van der Waals surface area contributed by atoms with E-state index >= 15 is 0 Å². The van der Waals surface area contributed by atoms with Gasteiger partial charge in [-0.05, 0) is 55.3 Å². The first kappa shape index (κ1) is 20.2. The smallest absolute Gasteiger partial charge is 0.309 e. The number of hydrogen-bond donors (Lipinski definition) is 0. The summed E-state index contributed by atoms with van der Waals surface area (Å²) in [5.41, 5.74) is 2.91. The SMILES string of the molecule is COC(=O)[C@H]1CCCC[C@]12CCN(CCC(c1ccccc1)c1ccccc1)C2. The molecule has 1 aliphatic carbocycles. The second-order valence-corrected chi connectivity index (χ2v) is 8.87. The van der Waals surface area contributed by atoms with Crippen molar-refractivity contribution in [1.29, 1.82) is 0 Å². The summed E-state index contributed by atoms with van der Waals surface area (Å²) >= 11 is 0. The van der Waals surface area contributed by atoms with Gasteiger partial charge in [0.15, 0.2) is 0 Å². The van der Waals surface area contributed by atoms with E-state index < -0.39 is 0 Å². The topological polar surface area (TPSA) is 29.5 Å². The molecule has 2 fully saturated rings. The van der Waals surface area contributed by atoms with Crippen LogP contribution in [0.25, 0.3) is 0 Å². The summed E-state index contributed by atoms with van der Waals surface area (Å²) in [6, 6.07) is 21.7. The van der Waals surface area contributed by atoms with Gasteiger partial charge in [-0.25, -0.2) is 0 Å². The third-order valence-electron chi connectivity index (χ3n) is 7.24. The zero-order valence-corrected chi connectivity index (χ0v) is 17.6. The molecule has 1 spiro atoms. The maximum absolute atomic E-state index is 12.4. The third kappa shape index (κ3) is 4.40. The Hall–Kier alpha value is -2.13. The highest BCUT2D eigenvalue weighted by molar-refractivity contribution is 5.73. The maximum Gasteiger partial charge on any atom is 0.309 e. The maximum atomic E-state index is 12.4. The van der Waals surface area contributed by atoms with E-state index in [1.807, 2.05) is 0 Å². The van der Waals surface area contributed by atoms with Gasteiger partial charge < -0.3 is 9.64 Å². The Labute approximate surface area is 175 Å². The van der Waals surface area contributed by atoms with Gasteiger partial charge in [-0.3, -0.25) is 4.79 Å². The average molecular weight is 392 g/mol. The first-order valence-electron chi connectivity index (χ1n) is 11.1. The van der Waals surface area contributed by atoms with Crippen molar-refractivity contribution in [3.8, 4) is 0 Å². The lowest BCUT2D eigenvalue weighted by molar-refractivity contribution is -0.152. The first-order valence-corrected chi connectivity index (χ1v) is 11.1. The van der Waals surface area contributed by atoms with Crippen molar-refractivity contribution in [3.05, 3.63) is 71.8 Å². The molecular formula is C26H33NO2. The molecule has 4 rings (SSSR count). The molecule has 2 aromatic carbocycles. The number of nitrogens with zero attached hydrogens (tertiary/aromatic N) is 1. The molecule has 3 heteroatoms. The van der Waals surface area contributed by atoms with E-state index in [1.165, 1.54) is 24.0 Å². The van der Waals surface area contributed by atoms with Gasteiger partial charge in [-0.1, -0.05) is 73.5 Å². The summed E-state index contributed by atoms with van der Waals surface area (Å²) in [6.07, 6.45) is 6.81. The van der Waals surface area contributed by atoms with Crippen molar-refractivity contribution in [2.45, 2.75) is 44.4 Å². The summed E-state index contributed by atoms with van der Waals surface area (Å²) in [7, 11) is 1.54. The summed E-state index contributed by atoms with van der Waals surface area (Å²) in [6.45, 7) is 3.22. The van der Waals surface area contributed by atoms with Gasteiger partial charge >= 0.3 is 5.97 Å². The van der Waals surface area contributed by atoms with Crippen LogP contribution < -0.4 is 0 Å². The molecule has 2 atom stereocenters. The van der Waals surface area contributed by atoms with Crippen molar-refractivity contribution in [3.63, 3.8) is 0 Å². The molecule has 0 amide bonds. The van der Waals surface area contributed by atoms with Gasteiger partial charge in [-0.2, -0.15) is 0 Å². The zero-order valence-electron chi connectivity index (χ0n) is 17.6. The molecular weight excluding hydrogens is 358 g/mol. The Balaban J connectivity index is 1.45. The molecule has 29 heavy (non-hydrogen) atoms. The number of benzene rings is 2. The van der Waals surface area contributed by atoms with Crippen molar-refractivity contribution in [2.75, 3.05) is 26.7 Å². The first-order chi connectivity index (χ1) is 14.2. The highest BCUT2D eigenvalue weighted by atomic mass is 16.5. The minimum absolute atomic E-state index is 0.0120. The Morgan fingerprint density at radius 2 is 1.69 bits per heavy atom. The fraction of sp³-hybridized carbons (Fsp3) is 0.500. The van der Waals surface area contributed by atoms with Gasteiger partial charge in [0.1, 0.15) is 0 Å². The van der Waals surface area contributed by atoms with Gasteiger partial charge in [0.05, 0.1) is 13.0 Å². The summed E-state index contributed by atoms with van der Waals surface area (Å²) in [5, 5.41) is 0. The standard InChI is InChI=1S/C26H33NO2/c1-29-25(28)24-14-8-9-16-26(24)17-19-27(20-26)18-15-23(21-10-4-2-5-11-21)22-12-6-3-7-13-22/h2-7,10-13,23-24H,8-9,14-20H2,1H3/t24-,26-/m1/s1. The van der Waals surface area contributed by atoms with Crippen LogP contribution in [0.2, 0.25) is 0 Å². The van der Waals surface area contributed by atoms with Crippen LogP contribution in [0.3, 0.4) is 0 Å².